The van der Waals surface area contributed by atoms with Crippen LogP contribution in [0.15, 0.2) is 52.4 Å². The average Bonchev–Trinajstić information content (AvgIpc) is 2.97. The van der Waals surface area contributed by atoms with Crippen molar-refractivity contribution in [3.05, 3.63) is 48.4 Å². The zero-order chi connectivity index (χ0) is 14.4. The second kappa shape index (κ2) is 6.58. The van der Waals surface area contributed by atoms with Gasteiger partial charge < -0.3 is 9.52 Å². The standard InChI is InChI=1S/C14H16N2O3S/c1-2-16-14(12(17)18,11-6-4-3-5-7-11)10-20-13-15-8-9-19-13/h3-9,16H,2,10H2,1H3,(H,17,18). The number of likely N-dealkylation sites (N-methyl/N-ethyl adjacent to an activating group) is 1. The zero-order valence-corrected chi connectivity index (χ0v) is 11.9. The topological polar surface area (TPSA) is 75.4 Å². The van der Waals surface area contributed by atoms with Crippen LogP contribution < -0.4 is 5.32 Å². The van der Waals surface area contributed by atoms with Crippen LogP contribution in [-0.4, -0.2) is 28.4 Å². The Morgan fingerprint density at radius 2 is 2.20 bits per heavy atom. The fraction of sp³-hybridized carbons (Fsp3) is 0.286. The van der Waals surface area contributed by atoms with E-state index in [9.17, 15) is 9.90 Å². The van der Waals surface area contributed by atoms with Crippen molar-refractivity contribution >= 4 is 17.7 Å². The zero-order valence-electron chi connectivity index (χ0n) is 11.1. The molecule has 0 amide bonds. The molecule has 20 heavy (non-hydrogen) atoms. The van der Waals surface area contributed by atoms with Crippen LogP contribution in [0.2, 0.25) is 0 Å². The normalized spacial score (nSPS) is 13.8. The summed E-state index contributed by atoms with van der Waals surface area (Å²) in [4.78, 5) is 15.9. The first kappa shape index (κ1) is 14.6. The third-order valence-electron chi connectivity index (χ3n) is 2.93. The molecule has 0 aliphatic rings. The molecule has 2 N–H and O–H groups in total. The second-order valence-electron chi connectivity index (χ2n) is 4.19. The number of benzene rings is 1. The molecule has 0 radical (unpaired) electrons. The van der Waals surface area contributed by atoms with Crippen molar-refractivity contribution in [1.82, 2.24) is 10.3 Å². The van der Waals surface area contributed by atoms with Gasteiger partial charge in [0, 0.05) is 5.75 Å². The van der Waals surface area contributed by atoms with Gasteiger partial charge in [-0.05, 0) is 12.1 Å². The first-order valence-electron chi connectivity index (χ1n) is 6.25. The Morgan fingerprint density at radius 3 is 2.75 bits per heavy atom. The van der Waals surface area contributed by atoms with Crippen LogP contribution in [0.25, 0.3) is 0 Å². The molecule has 0 bridgehead atoms. The predicted molar refractivity (Wildman–Crippen MR) is 76.7 cm³/mol. The Labute approximate surface area is 121 Å². The molecule has 2 rings (SSSR count). The van der Waals surface area contributed by atoms with Crippen LogP contribution in [0.4, 0.5) is 0 Å². The van der Waals surface area contributed by atoms with Crippen molar-refractivity contribution in [3.63, 3.8) is 0 Å². The molecule has 0 saturated heterocycles. The van der Waals surface area contributed by atoms with Gasteiger partial charge in [0.2, 0.25) is 0 Å². The Balaban J connectivity index is 2.29. The van der Waals surface area contributed by atoms with E-state index in [-0.39, 0.29) is 0 Å². The highest BCUT2D eigenvalue weighted by Gasteiger charge is 2.40. The molecule has 1 aromatic carbocycles. The number of carbonyl (C=O) groups is 1. The molecule has 1 atom stereocenters. The third-order valence-corrected chi connectivity index (χ3v) is 3.96. The van der Waals surface area contributed by atoms with Crippen LogP contribution in [0.3, 0.4) is 0 Å². The van der Waals surface area contributed by atoms with Crippen molar-refractivity contribution in [2.24, 2.45) is 0 Å². The summed E-state index contributed by atoms with van der Waals surface area (Å²) in [6.45, 7) is 2.43. The molecule has 1 heterocycles. The predicted octanol–water partition coefficient (Wildman–Crippen LogP) is 2.36. The summed E-state index contributed by atoms with van der Waals surface area (Å²) < 4.78 is 5.15. The maximum Gasteiger partial charge on any atom is 0.329 e. The minimum atomic E-state index is -1.16. The number of aromatic nitrogens is 1. The fourth-order valence-corrected chi connectivity index (χ4v) is 2.96. The number of thioether (sulfide) groups is 1. The summed E-state index contributed by atoms with van der Waals surface area (Å²) >= 11 is 1.28. The minimum Gasteiger partial charge on any atom is -0.480 e. The summed E-state index contributed by atoms with van der Waals surface area (Å²) in [5, 5.41) is 13.3. The van der Waals surface area contributed by atoms with Crippen molar-refractivity contribution in [1.29, 1.82) is 0 Å². The maximum absolute atomic E-state index is 11.8. The SMILES string of the molecule is CCNC(CSc1ncco1)(C(=O)O)c1ccccc1. The van der Waals surface area contributed by atoms with E-state index in [1.807, 2.05) is 37.3 Å². The van der Waals surface area contributed by atoms with Gasteiger partial charge in [-0.25, -0.2) is 9.78 Å². The largest absolute Gasteiger partial charge is 0.480 e. The average molecular weight is 292 g/mol. The van der Waals surface area contributed by atoms with Crippen LogP contribution in [-0.2, 0) is 10.3 Å². The summed E-state index contributed by atoms with van der Waals surface area (Å²) in [5.41, 5.74) is -0.441. The summed E-state index contributed by atoms with van der Waals surface area (Å²) in [7, 11) is 0. The first-order chi connectivity index (χ1) is 9.69. The van der Waals surface area contributed by atoms with Gasteiger partial charge in [-0.3, -0.25) is 5.32 Å². The number of nitrogens with zero attached hydrogens (tertiary/aromatic N) is 1. The Morgan fingerprint density at radius 1 is 1.45 bits per heavy atom. The number of rotatable bonds is 7. The van der Waals surface area contributed by atoms with Gasteiger partial charge >= 0.3 is 5.97 Å². The number of carboxylic acid groups (broad SMARTS) is 1. The maximum atomic E-state index is 11.8. The van der Waals surface area contributed by atoms with Crippen molar-refractivity contribution in [2.75, 3.05) is 12.3 Å². The van der Waals surface area contributed by atoms with E-state index in [1.165, 1.54) is 18.0 Å². The van der Waals surface area contributed by atoms with Crippen LogP contribution in [0.1, 0.15) is 12.5 Å². The highest BCUT2D eigenvalue weighted by Crippen LogP contribution is 2.29. The molecule has 0 aliphatic carbocycles. The van der Waals surface area contributed by atoms with E-state index in [0.717, 1.165) is 0 Å². The molecular formula is C14H16N2O3S. The van der Waals surface area contributed by atoms with Crippen LogP contribution in [0.5, 0.6) is 0 Å². The van der Waals surface area contributed by atoms with E-state index in [4.69, 9.17) is 4.42 Å². The van der Waals surface area contributed by atoms with Crippen molar-refractivity contribution in [3.8, 4) is 0 Å². The lowest BCUT2D eigenvalue weighted by Crippen LogP contribution is -2.51. The molecule has 2 aromatic rings. The fourth-order valence-electron chi connectivity index (χ4n) is 1.97. The van der Waals surface area contributed by atoms with Gasteiger partial charge in [0.05, 0.1) is 6.20 Å². The van der Waals surface area contributed by atoms with Gasteiger partial charge in [0.15, 0.2) is 5.54 Å². The van der Waals surface area contributed by atoms with Crippen LogP contribution in [0, 0.1) is 0 Å². The smallest absolute Gasteiger partial charge is 0.329 e. The molecule has 0 spiro atoms. The molecule has 1 unspecified atom stereocenters. The Bertz CT molecular complexity index is 545. The summed E-state index contributed by atoms with van der Waals surface area (Å²) in [6.07, 6.45) is 3.01. The third kappa shape index (κ3) is 3.02. The van der Waals surface area contributed by atoms with Gasteiger partial charge in [0.1, 0.15) is 6.26 Å². The van der Waals surface area contributed by atoms with Gasteiger partial charge in [0.25, 0.3) is 5.22 Å². The number of hydrogen-bond acceptors (Lipinski definition) is 5. The quantitative estimate of drug-likeness (QED) is 0.763. The van der Waals surface area contributed by atoms with E-state index in [1.54, 1.807) is 6.20 Å². The molecule has 106 valence electrons. The summed E-state index contributed by atoms with van der Waals surface area (Å²) in [6, 6.07) is 9.16. The van der Waals surface area contributed by atoms with Crippen molar-refractivity contribution in [2.45, 2.75) is 17.7 Å². The monoisotopic (exact) mass is 292 g/mol. The van der Waals surface area contributed by atoms with Gasteiger partial charge in [-0.15, -0.1) is 0 Å². The van der Waals surface area contributed by atoms with Gasteiger partial charge in [-0.2, -0.15) is 0 Å². The first-order valence-corrected chi connectivity index (χ1v) is 7.24. The number of oxazole rings is 1. The molecule has 0 fully saturated rings. The Kier molecular flexibility index (Phi) is 4.81. The molecule has 5 nitrogen and oxygen atoms in total. The van der Waals surface area contributed by atoms with Crippen molar-refractivity contribution < 1.29 is 14.3 Å². The molecule has 1 aromatic heterocycles. The number of carboxylic acids is 1. The van der Waals surface area contributed by atoms with E-state index >= 15 is 0 Å². The molecule has 0 saturated carbocycles. The van der Waals surface area contributed by atoms with E-state index < -0.39 is 11.5 Å². The lowest BCUT2D eigenvalue weighted by Gasteiger charge is -2.30. The molecule has 6 heteroatoms. The highest BCUT2D eigenvalue weighted by molar-refractivity contribution is 7.99. The summed E-state index contributed by atoms with van der Waals surface area (Å²) in [5.74, 6) is -0.620. The van der Waals surface area contributed by atoms with Gasteiger partial charge in [-0.1, -0.05) is 49.0 Å². The highest BCUT2D eigenvalue weighted by atomic mass is 32.2. The number of hydrogen-bond donors (Lipinski definition) is 2. The lowest BCUT2D eigenvalue weighted by molar-refractivity contribution is -0.144. The number of nitrogens with one attached hydrogen (secondary N) is 1. The Hall–Kier alpha value is -1.79. The lowest BCUT2D eigenvalue weighted by atomic mass is 9.92. The second-order valence-corrected chi connectivity index (χ2v) is 5.12. The minimum absolute atomic E-state index is 0.292. The number of aliphatic carboxylic acids is 1. The van der Waals surface area contributed by atoms with E-state index in [0.29, 0.717) is 23.1 Å². The molecule has 0 aliphatic heterocycles. The van der Waals surface area contributed by atoms with E-state index in [2.05, 4.69) is 10.3 Å². The van der Waals surface area contributed by atoms with Crippen LogP contribution >= 0.6 is 11.8 Å². The molecular weight excluding hydrogens is 276 g/mol.